The Balaban J connectivity index is 2.05. The summed E-state index contributed by atoms with van der Waals surface area (Å²) in [5.41, 5.74) is -0.852. The third kappa shape index (κ3) is 3.35. The molecule has 3 nitrogen and oxygen atoms in total. The summed E-state index contributed by atoms with van der Waals surface area (Å²) in [5, 5.41) is 6.37. The van der Waals surface area contributed by atoms with Crippen LogP contribution in [0.4, 0.5) is 19.0 Å². The van der Waals surface area contributed by atoms with Gasteiger partial charge in [0.1, 0.15) is 11.5 Å². The van der Waals surface area contributed by atoms with Crippen molar-refractivity contribution in [3.63, 3.8) is 0 Å². The lowest BCUT2D eigenvalue weighted by Gasteiger charge is -2.29. The maximum atomic E-state index is 12.5. The average molecular weight is 259 g/mol. The fourth-order valence-electron chi connectivity index (χ4n) is 2.15. The van der Waals surface area contributed by atoms with E-state index in [2.05, 4.69) is 22.5 Å². The maximum absolute atomic E-state index is 12.5. The number of hydrogen-bond acceptors (Lipinski definition) is 3. The summed E-state index contributed by atoms with van der Waals surface area (Å²) < 4.78 is 37.5. The summed E-state index contributed by atoms with van der Waals surface area (Å²) in [6.07, 6.45) is -2.61. The quantitative estimate of drug-likeness (QED) is 0.857. The molecule has 1 aliphatic rings. The van der Waals surface area contributed by atoms with E-state index in [1.54, 1.807) is 6.07 Å². The van der Waals surface area contributed by atoms with Gasteiger partial charge in [0, 0.05) is 12.1 Å². The zero-order chi connectivity index (χ0) is 13.2. The summed E-state index contributed by atoms with van der Waals surface area (Å²) in [7, 11) is 0. The Bertz CT molecular complexity index is 406. The first-order chi connectivity index (χ1) is 8.45. The van der Waals surface area contributed by atoms with E-state index in [-0.39, 0.29) is 6.04 Å². The summed E-state index contributed by atoms with van der Waals surface area (Å²) in [6.45, 7) is 2.94. The molecule has 0 aromatic carbocycles. The van der Waals surface area contributed by atoms with E-state index in [4.69, 9.17) is 0 Å². The van der Waals surface area contributed by atoms with Gasteiger partial charge in [0.05, 0.1) is 0 Å². The number of nitrogens with one attached hydrogen (secondary N) is 2. The van der Waals surface area contributed by atoms with Crippen LogP contribution in [-0.4, -0.2) is 23.6 Å². The van der Waals surface area contributed by atoms with E-state index in [0.717, 1.165) is 25.5 Å². The van der Waals surface area contributed by atoms with Gasteiger partial charge in [0.25, 0.3) is 0 Å². The summed E-state index contributed by atoms with van der Waals surface area (Å²) in [6, 6.07) is 4.49. The number of nitrogens with zero attached hydrogens (tertiary/aromatic N) is 1. The van der Waals surface area contributed by atoms with Crippen molar-refractivity contribution < 1.29 is 13.2 Å². The molecule has 0 aliphatic carbocycles. The smallest absolute Gasteiger partial charge is 0.367 e. The highest BCUT2D eigenvalue weighted by molar-refractivity contribution is 5.37. The molecule has 0 spiro atoms. The van der Waals surface area contributed by atoms with Crippen LogP contribution in [-0.2, 0) is 6.18 Å². The largest absolute Gasteiger partial charge is 0.433 e. The number of halogens is 3. The molecule has 2 rings (SSSR count). The highest BCUT2D eigenvalue weighted by atomic mass is 19.4. The van der Waals surface area contributed by atoms with Gasteiger partial charge in [-0.2, -0.15) is 13.2 Å². The molecule has 100 valence electrons. The van der Waals surface area contributed by atoms with Crippen LogP contribution < -0.4 is 10.6 Å². The van der Waals surface area contributed by atoms with Crippen LogP contribution in [0.2, 0.25) is 0 Å². The second kappa shape index (κ2) is 5.14. The zero-order valence-electron chi connectivity index (χ0n) is 10.1. The van der Waals surface area contributed by atoms with Crippen LogP contribution in [0.5, 0.6) is 0 Å². The lowest BCUT2D eigenvalue weighted by Crippen LogP contribution is -2.41. The van der Waals surface area contributed by atoms with Crippen molar-refractivity contribution in [2.45, 2.75) is 38.0 Å². The number of rotatable bonds is 2. The minimum absolute atomic E-state index is 0.178. The summed E-state index contributed by atoms with van der Waals surface area (Å²) >= 11 is 0. The van der Waals surface area contributed by atoms with Gasteiger partial charge in [0.2, 0.25) is 0 Å². The van der Waals surface area contributed by atoms with Crippen LogP contribution in [0, 0.1) is 0 Å². The van der Waals surface area contributed by atoms with E-state index >= 15 is 0 Å². The van der Waals surface area contributed by atoms with Gasteiger partial charge in [-0.25, -0.2) is 4.98 Å². The number of piperidine rings is 1. The topological polar surface area (TPSA) is 37.0 Å². The van der Waals surface area contributed by atoms with Crippen LogP contribution in [0.25, 0.3) is 0 Å². The van der Waals surface area contributed by atoms with E-state index in [1.165, 1.54) is 6.07 Å². The minimum Gasteiger partial charge on any atom is -0.367 e. The Labute approximate surface area is 104 Å². The highest BCUT2D eigenvalue weighted by Crippen LogP contribution is 2.28. The summed E-state index contributed by atoms with van der Waals surface area (Å²) in [5.74, 6) is 0.295. The average Bonchev–Trinajstić information content (AvgIpc) is 2.28. The van der Waals surface area contributed by atoms with E-state index in [9.17, 15) is 13.2 Å². The molecular formula is C12H16F3N3. The Kier molecular flexibility index (Phi) is 3.75. The van der Waals surface area contributed by atoms with Gasteiger partial charge in [-0.3, -0.25) is 0 Å². The fraction of sp³-hybridized carbons (Fsp3) is 0.583. The van der Waals surface area contributed by atoms with Crippen molar-refractivity contribution in [1.29, 1.82) is 0 Å². The molecule has 1 fully saturated rings. The van der Waals surface area contributed by atoms with Gasteiger partial charge in [-0.1, -0.05) is 6.07 Å². The van der Waals surface area contributed by atoms with E-state index < -0.39 is 11.9 Å². The number of alkyl halides is 3. The predicted octanol–water partition coefficient (Wildman–Crippen LogP) is 2.65. The van der Waals surface area contributed by atoms with Gasteiger partial charge >= 0.3 is 6.18 Å². The molecule has 0 saturated carbocycles. The first kappa shape index (κ1) is 13.1. The number of hydrogen-bond donors (Lipinski definition) is 2. The molecule has 2 N–H and O–H groups in total. The lowest BCUT2D eigenvalue weighted by molar-refractivity contribution is -0.141. The van der Waals surface area contributed by atoms with Crippen LogP contribution in [0.1, 0.15) is 25.5 Å². The molecule has 1 aromatic rings. The van der Waals surface area contributed by atoms with E-state index in [0.29, 0.717) is 11.9 Å². The van der Waals surface area contributed by atoms with Gasteiger partial charge in [-0.05, 0) is 38.4 Å². The Morgan fingerprint density at radius 3 is 2.83 bits per heavy atom. The normalized spacial score (nSPS) is 24.9. The number of pyridine rings is 1. The molecule has 0 bridgehead atoms. The Hall–Kier alpha value is -1.30. The number of aromatic nitrogens is 1. The SMILES string of the molecule is CC1CC(Nc2cccc(C(F)(F)F)n2)CCN1. The second-order valence-electron chi connectivity index (χ2n) is 4.63. The van der Waals surface area contributed by atoms with Crippen LogP contribution >= 0.6 is 0 Å². The number of anilines is 1. The molecule has 0 amide bonds. The van der Waals surface area contributed by atoms with Gasteiger partial charge in [-0.15, -0.1) is 0 Å². The van der Waals surface area contributed by atoms with Crippen molar-refractivity contribution in [2.75, 3.05) is 11.9 Å². The Morgan fingerprint density at radius 1 is 1.39 bits per heavy atom. The van der Waals surface area contributed by atoms with Crippen molar-refractivity contribution in [1.82, 2.24) is 10.3 Å². The Morgan fingerprint density at radius 2 is 2.17 bits per heavy atom. The van der Waals surface area contributed by atoms with Crippen LogP contribution in [0.3, 0.4) is 0 Å². The van der Waals surface area contributed by atoms with Crippen molar-refractivity contribution in [3.05, 3.63) is 23.9 Å². The molecule has 6 heteroatoms. The van der Waals surface area contributed by atoms with Crippen molar-refractivity contribution in [2.24, 2.45) is 0 Å². The zero-order valence-corrected chi connectivity index (χ0v) is 10.1. The second-order valence-corrected chi connectivity index (χ2v) is 4.63. The standard InChI is InChI=1S/C12H16F3N3/c1-8-7-9(5-6-16-8)17-11-4-2-3-10(18-11)12(13,14)15/h2-4,8-9,16H,5-7H2,1H3,(H,17,18). The molecule has 2 unspecified atom stereocenters. The van der Waals surface area contributed by atoms with Crippen LogP contribution in [0.15, 0.2) is 18.2 Å². The molecule has 1 aliphatic heterocycles. The molecule has 1 saturated heterocycles. The first-order valence-electron chi connectivity index (χ1n) is 5.99. The first-order valence-corrected chi connectivity index (χ1v) is 5.99. The van der Waals surface area contributed by atoms with Gasteiger partial charge < -0.3 is 10.6 Å². The third-order valence-electron chi connectivity index (χ3n) is 3.02. The maximum Gasteiger partial charge on any atom is 0.433 e. The summed E-state index contributed by atoms with van der Waals surface area (Å²) in [4.78, 5) is 3.61. The molecule has 2 atom stereocenters. The van der Waals surface area contributed by atoms with Crippen molar-refractivity contribution in [3.8, 4) is 0 Å². The monoisotopic (exact) mass is 259 g/mol. The van der Waals surface area contributed by atoms with Gasteiger partial charge in [0.15, 0.2) is 0 Å². The fourth-order valence-corrected chi connectivity index (χ4v) is 2.15. The lowest BCUT2D eigenvalue weighted by atomic mass is 10.0. The molecular weight excluding hydrogens is 243 g/mol. The molecule has 18 heavy (non-hydrogen) atoms. The van der Waals surface area contributed by atoms with E-state index in [1.807, 2.05) is 0 Å². The molecule has 1 aromatic heterocycles. The molecule has 0 radical (unpaired) electrons. The molecule has 2 heterocycles. The predicted molar refractivity (Wildman–Crippen MR) is 63.3 cm³/mol. The minimum atomic E-state index is -4.39. The van der Waals surface area contributed by atoms with Crippen molar-refractivity contribution >= 4 is 5.82 Å². The third-order valence-corrected chi connectivity index (χ3v) is 3.02. The highest BCUT2D eigenvalue weighted by Gasteiger charge is 2.32.